The normalized spacial score (nSPS) is 15.9. The van der Waals surface area contributed by atoms with Gasteiger partial charge in [-0.1, -0.05) is 0 Å². The van der Waals surface area contributed by atoms with Crippen molar-refractivity contribution >= 4 is 27.3 Å². The maximum Gasteiger partial charge on any atom is 0.347 e. The van der Waals surface area contributed by atoms with Crippen molar-refractivity contribution in [3.8, 4) is 0 Å². The van der Waals surface area contributed by atoms with Gasteiger partial charge in [0.15, 0.2) is 0 Å². The Balaban J connectivity index is 2.33. The molecule has 1 aromatic rings. The van der Waals surface area contributed by atoms with Gasteiger partial charge in [-0.3, -0.25) is 0 Å². The molecule has 1 heterocycles. The monoisotopic (exact) mass is 305 g/mol. The van der Waals surface area contributed by atoms with Crippen LogP contribution in [0.5, 0.6) is 0 Å². The molecule has 0 amide bonds. The predicted molar refractivity (Wildman–Crippen MR) is 70.1 cm³/mol. The second-order valence-electron chi connectivity index (χ2n) is 4.26. The van der Waals surface area contributed by atoms with Gasteiger partial charge in [0.1, 0.15) is 9.77 Å². The number of hydrogen-bond acceptors (Lipinski definition) is 5. The fourth-order valence-corrected chi connectivity index (χ4v) is 4.73. The van der Waals surface area contributed by atoms with Gasteiger partial charge in [-0.05, 0) is 24.3 Å². The number of aromatic carboxylic acids is 1. The standard InChI is InChI=1S/C11H15NO5S2/c1-17-6-5-12(8-2-3-8)19(15,16)9-4-7-18-10(9)11(13)14/h4,7-8H,2-3,5-6H2,1H3,(H,13,14). The molecule has 6 nitrogen and oxygen atoms in total. The second-order valence-corrected chi connectivity index (χ2v) is 7.03. The molecule has 0 unspecified atom stereocenters. The lowest BCUT2D eigenvalue weighted by atomic mass is 10.5. The summed E-state index contributed by atoms with van der Waals surface area (Å²) < 4.78 is 31.3. The highest BCUT2D eigenvalue weighted by Crippen LogP contribution is 2.34. The minimum atomic E-state index is -3.76. The number of nitrogens with zero attached hydrogens (tertiary/aromatic N) is 1. The summed E-state index contributed by atoms with van der Waals surface area (Å²) in [5, 5.41) is 10.5. The fraction of sp³-hybridized carbons (Fsp3) is 0.545. The first-order valence-corrected chi connectivity index (χ1v) is 8.12. The first-order chi connectivity index (χ1) is 8.98. The van der Waals surface area contributed by atoms with Gasteiger partial charge in [0.05, 0.1) is 6.61 Å². The Morgan fingerprint density at radius 1 is 1.58 bits per heavy atom. The summed E-state index contributed by atoms with van der Waals surface area (Å²) in [5.74, 6) is -1.21. The molecule has 2 rings (SSSR count). The van der Waals surface area contributed by atoms with Crippen LogP contribution < -0.4 is 0 Å². The van der Waals surface area contributed by atoms with E-state index in [0.29, 0.717) is 6.61 Å². The molecule has 1 N–H and O–H groups in total. The van der Waals surface area contributed by atoms with Gasteiger partial charge in [0.2, 0.25) is 10.0 Å². The zero-order valence-electron chi connectivity index (χ0n) is 10.4. The number of hydrogen-bond donors (Lipinski definition) is 1. The van der Waals surface area contributed by atoms with E-state index in [9.17, 15) is 13.2 Å². The molecule has 0 radical (unpaired) electrons. The summed E-state index contributed by atoms with van der Waals surface area (Å²) in [5.41, 5.74) is 0. The highest BCUT2D eigenvalue weighted by molar-refractivity contribution is 7.89. The van der Waals surface area contributed by atoms with Crippen LogP contribution >= 0.6 is 11.3 Å². The molecule has 19 heavy (non-hydrogen) atoms. The molecular formula is C11H15NO5S2. The van der Waals surface area contributed by atoms with Crippen molar-refractivity contribution in [3.05, 3.63) is 16.3 Å². The number of carboxylic acid groups (broad SMARTS) is 1. The molecule has 106 valence electrons. The molecule has 1 fully saturated rings. The minimum absolute atomic E-state index is 0.0262. The molecule has 1 aliphatic rings. The number of carboxylic acids is 1. The Hall–Kier alpha value is -0.960. The second kappa shape index (κ2) is 5.58. The molecule has 1 aliphatic carbocycles. The van der Waals surface area contributed by atoms with Gasteiger partial charge in [0, 0.05) is 19.7 Å². The SMILES string of the molecule is COCCN(C1CC1)S(=O)(=O)c1ccsc1C(=O)O. The topological polar surface area (TPSA) is 83.9 Å². The molecule has 1 aromatic heterocycles. The summed E-state index contributed by atoms with van der Waals surface area (Å²) in [6.07, 6.45) is 1.63. The van der Waals surface area contributed by atoms with Gasteiger partial charge < -0.3 is 9.84 Å². The van der Waals surface area contributed by atoms with Crippen LogP contribution in [0.3, 0.4) is 0 Å². The van der Waals surface area contributed by atoms with Gasteiger partial charge in [0.25, 0.3) is 0 Å². The number of rotatable bonds is 7. The summed E-state index contributed by atoms with van der Waals surface area (Å²) in [4.78, 5) is 10.8. The maximum absolute atomic E-state index is 12.5. The lowest BCUT2D eigenvalue weighted by molar-refractivity contribution is 0.0698. The van der Waals surface area contributed by atoms with Crippen molar-refractivity contribution in [1.82, 2.24) is 4.31 Å². The van der Waals surface area contributed by atoms with Crippen LogP contribution in [0, 0.1) is 0 Å². The first-order valence-electron chi connectivity index (χ1n) is 5.80. The summed E-state index contributed by atoms with van der Waals surface area (Å²) in [6, 6.07) is 1.33. The Morgan fingerprint density at radius 3 is 2.79 bits per heavy atom. The molecule has 8 heteroatoms. The van der Waals surface area contributed by atoms with E-state index in [4.69, 9.17) is 9.84 Å². The van der Waals surface area contributed by atoms with Gasteiger partial charge in [-0.2, -0.15) is 4.31 Å². The first kappa shape index (κ1) is 14.4. The minimum Gasteiger partial charge on any atom is -0.477 e. The van der Waals surface area contributed by atoms with E-state index in [0.717, 1.165) is 24.2 Å². The third kappa shape index (κ3) is 2.97. The molecule has 0 bridgehead atoms. The van der Waals surface area contributed by atoms with Crippen LogP contribution in [0.2, 0.25) is 0 Å². The average Bonchev–Trinajstić information content (AvgIpc) is 3.04. The van der Waals surface area contributed by atoms with Crippen molar-refractivity contribution in [2.45, 2.75) is 23.8 Å². The predicted octanol–water partition coefficient (Wildman–Crippen LogP) is 1.25. The largest absolute Gasteiger partial charge is 0.477 e. The van der Waals surface area contributed by atoms with E-state index in [1.165, 1.54) is 22.9 Å². The van der Waals surface area contributed by atoms with Gasteiger partial charge in [-0.15, -0.1) is 11.3 Å². The van der Waals surface area contributed by atoms with Crippen LogP contribution in [-0.4, -0.2) is 50.1 Å². The fourth-order valence-electron chi connectivity index (χ4n) is 1.83. The Bertz CT molecular complexity index is 561. The highest BCUT2D eigenvalue weighted by Gasteiger charge is 2.39. The van der Waals surface area contributed by atoms with Crippen LogP contribution in [0.25, 0.3) is 0 Å². The summed E-state index contributed by atoms with van der Waals surface area (Å²) >= 11 is 0.921. The quantitative estimate of drug-likeness (QED) is 0.819. The van der Waals surface area contributed by atoms with Crippen LogP contribution in [-0.2, 0) is 14.8 Å². The maximum atomic E-state index is 12.5. The zero-order chi connectivity index (χ0) is 14.0. The molecule has 0 spiro atoms. The van der Waals surface area contributed by atoms with E-state index in [1.54, 1.807) is 0 Å². The van der Waals surface area contributed by atoms with Crippen molar-refractivity contribution < 1.29 is 23.1 Å². The number of thiophene rings is 1. The average molecular weight is 305 g/mol. The van der Waals surface area contributed by atoms with Crippen molar-refractivity contribution in [2.24, 2.45) is 0 Å². The molecule has 0 saturated heterocycles. The molecule has 0 atom stereocenters. The Morgan fingerprint density at radius 2 is 2.26 bits per heavy atom. The lowest BCUT2D eigenvalue weighted by Crippen LogP contribution is -2.36. The molecule has 1 saturated carbocycles. The number of ether oxygens (including phenoxy) is 1. The number of methoxy groups -OCH3 is 1. The third-order valence-corrected chi connectivity index (χ3v) is 5.91. The van der Waals surface area contributed by atoms with E-state index in [2.05, 4.69) is 0 Å². The van der Waals surface area contributed by atoms with Crippen LogP contribution in [0.4, 0.5) is 0 Å². The molecule has 0 aromatic carbocycles. The molecular weight excluding hydrogens is 290 g/mol. The van der Waals surface area contributed by atoms with Gasteiger partial charge in [-0.25, -0.2) is 13.2 Å². The Labute approximate surface area is 115 Å². The van der Waals surface area contributed by atoms with E-state index in [-0.39, 0.29) is 22.4 Å². The van der Waals surface area contributed by atoms with E-state index >= 15 is 0 Å². The van der Waals surface area contributed by atoms with Crippen molar-refractivity contribution in [2.75, 3.05) is 20.3 Å². The van der Waals surface area contributed by atoms with E-state index in [1.807, 2.05) is 0 Å². The van der Waals surface area contributed by atoms with E-state index < -0.39 is 16.0 Å². The number of carbonyl (C=O) groups is 1. The van der Waals surface area contributed by atoms with Crippen LogP contribution in [0.1, 0.15) is 22.5 Å². The van der Waals surface area contributed by atoms with Crippen LogP contribution in [0.15, 0.2) is 16.3 Å². The smallest absolute Gasteiger partial charge is 0.347 e. The lowest BCUT2D eigenvalue weighted by Gasteiger charge is -2.21. The van der Waals surface area contributed by atoms with Crippen molar-refractivity contribution in [1.29, 1.82) is 0 Å². The van der Waals surface area contributed by atoms with Gasteiger partial charge >= 0.3 is 5.97 Å². The zero-order valence-corrected chi connectivity index (χ0v) is 12.0. The third-order valence-electron chi connectivity index (χ3n) is 2.88. The Kier molecular flexibility index (Phi) is 4.24. The van der Waals surface area contributed by atoms with Crippen molar-refractivity contribution in [3.63, 3.8) is 0 Å². The summed E-state index contributed by atoms with van der Waals surface area (Å²) in [7, 11) is -2.25. The molecule has 0 aliphatic heterocycles. The summed E-state index contributed by atoms with van der Waals surface area (Å²) in [6.45, 7) is 0.542. The number of sulfonamides is 1. The highest BCUT2D eigenvalue weighted by atomic mass is 32.2.